The summed E-state index contributed by atoms with van der Waals surface area (Å²) in [4.78, 5) is 7.89. The van der Waals surface area contributed by atoms with Gasteiger partial charge in [-0.25, -0.2) is 0 Å². The molecule has 0 aromatic heterocycles. The predicted octanol–water partition coefficient (Wildman–Crippen LogP) is 4.02. The van der Waals surface area contributed by atoms with E-state index in [9.17, 15) is 0 Å². The SMILES string of the molecule is Cc1ccc(N2CCC(CCN3CCN(C(C)(C)C)CC3)CC2)cc1. The van der Waals surface area contributed by atoms with Gasteiger partial charge in [0.25, 0.3) is 0 Å². The van der Waals surface area contributed by atoms with Gasteiger partial charge in [-0.15, -0.1) is 0 Å². The molecule has 140 valence electrons. The summed E-state index contributed by atoms with van der Waals surface area (Å²) >= 11 is 0. The number of benzene rings is 1. The van der Waals surface area contributed by atoms with Crippen LogP contribution in [0, 0.1) is 12.8 Å². The summed E-state index contributed by atoms with van der Waals surface area (Å²) in [6, 6.07) is 9.03. The fourth-order valence-corrected chi connectivity index (χ4v) is 4.24. The molecule has 3 heteroatoms. The van der Waals surface area contributed by atoms with E-state index in [1.807, 2.05) is 0 Å². The van der Waals surface area contributed by atoms with E-state index in [4.69, 9.17) is 0 Å². The normalized spacial score (nSPS) is 21.7. The van der Waals surface area contributed by atoms with Gasteiger partial charge < -0.3 is 9.80 Å². The van der Waals surface area contributed by atoms with Crippen LogP contribution in [0.4, 0.5) is 5.69 Å². The Morgan fingerprint density at radius 2 is 1.48 bits per heavy atom. The highest BCUT2D eigenvalue weighted by atomic mass is 15.3. The Bertz CT molecular complexity index is 515. The van der Waals surface area contributed by atoms with Gasteiger partial charge in [-0.1, -0.05) is 17.7 Å². The lowest BCUT2D eigenvalue weighted by atomic mass is 9.93. The molecule has 1 aromatic carbocycles. The van der Waals surface area contributed by atoms with E-state index in [2.05, 4.69) is 66.7 Å². The Labute approximate surface area is 155 Å². The largest absolute Gasteiger partial charge is 0.372 e. The summed E-state index contributed by atoms with van der Waals surface area (Å²) in [6.45, 7) is 17.9. The molecule has 0 aliphatic carbocycles. The maximum atomic E-state index is 2.69. The first-order chi connectivity index (χ1) is 11.9. The monoisotopic (exact) mass is 343 g/mol. The van der Waals surface area contributed by atoms with E-state index >= 15 is 0 Å². The second kappa shape index (κ2) is 8.09. The zero-order valence-electron chi connectivity index (χ0n) is 16.8. The molecule has 1 aromatic rings. The Hall–Kier alpha value is -1.06. The van der Waals surface area contributed by atoms with Crippen LogP contribution in [0.5, 0.6) is 0 Å². The van der Waals surface area contributed by atoms with Gasteiger partial charge in [0.2, 0.25) is 0 Å². The summed E-state index contributed by atoms with van der Waals surface area (Å²) in [6.07, 6.45) is 4.10. The molecule has 3 nitrogen and oxygen atoms in total. The van der Waals surface area contributed by atoms with Gasteiger partial charge in [0.05, 0.1) is 0 Å². The lowest BCUT2D eigenvalue weighted by Gasteiger charge is -2.42. The van der Waals surface area contributed by atoms with Crippen LogP contribution in [0.2, 0.25) is 0 Å². The minimum atomic E-state index is 0.328. The lowest BCUT2D eigenvalue weighted by molar-refractivity contribution is 0.0593. The van der Waals surface area contributed by atoms with Crippen molar-refractivity contribution in [3.8, 4) is 0 Å². The summed E-state index contributed by atoms with van der Waals surface area (Å²) < 4.78 is 0. The highest BCUT2D eigenvalue weighted by molar-refractivity contribution is 5.47. The molecule has 2 heterocycles. The number of aryl methyl sites for hydroxylation is 1. The number of rotatable bonds is 4. The van der Waals surface area contributed by atoms with Crippen LogP contribution in [0.15, 0.2) is 24.3 Å². The minimum absolute atomic E-state index is 0.328. The average Bonchev–Trinajstić information content (AvgIpc) is 2.61. The minimum Gasteiger partial charge on any atom is -0.372 e. The van der Waals surface area contributed by atoms with Crippen molar-refractivity contribution in [2.24, 2.45) is 5.92 Å². The zero-order valence-corrected chi connectivity index (χ0v) is 16.8. The fourth-order valence-electron chi connectivity index (χ4n) is 4.24. The summed E-state index contributed by atoms with van der Waals surface area (Å²) in [5.41, 5.74) is 3.09. The molecule has 0 saturated carbocycles. The Balaban J connectivity index is 1.36. The molecule has 0 N–H and O–H groups in total. The molecular weight excluding hydrogens is 306 g/mol. The number of piperazine rings is 1. The van der Waals surface area contributed by atoms with Gasteiger partial charge in [0, 0.05) is 50.5 Å². The molecule has 2 aliphatic heterocycles. The van der Waals surface area contributed by atoms with Gasteiger partial charge in [0.15, 0.2) is 0 Å². The van der Waals surface area contributed by atoms with Crippen molar-refractivity contribution in [2.45, 2.75) is 52.5 Å². The van der Waals surface area contributed by atoms with E-state index in [0.717, 1.165) is 5.92 Å². The smallest absolute Gasteiger partial charge is 0.0366 e. The van der Waals surface area contributed by atoms with Crippen molar-refractivity contribution >= 4 is 5.69 Å². The van der Waals surface area contributed by atoms with Crippen LogP contribution in [0.3, 0.4) is 0 Å². The number of hydrogen-bond donors (Lipinski definition) is 0. The van der Waals surface area contributed by atoms with Crippen LogP contribution < -0.4 is 4.90 Å². The average molecular weight is 344 g/mol. The molecule has 2 fully saturated rings. The number of nitrogens with zero attached hydrogens (tertiary/aromatic N) is 3. The summed E-state index contributed by atoms with van der Waals surface area (Å²) in [7, 11) is 0. The number of anilines is 1. The van der Waals surface area contributed by atoms with Crippen molar-refractivity contribution in [2.75, 3.05) is 50.7 Å². The van der Waals surface area contributed by atoms with E-state index in [1.54, 1.807) is 0 Å². The first-order valence-corrected chi connectivity index (χ1v) is 10.2. The van der Waals surface area contributed by atoms with Gasteiger partial charge in [-0.2, -0.15) is 0 Å². The standard InChI is InChI=1S/C22H37N3/c1-19-5-7-21(8-6-19)24-13-10-20(11-14-24)9-12-23-15-17-25(18-16-23)22(2,3)4/h5-8,20H,9-18H2,1-4H3. The molecule has 25 heavy (non-hydrogen) atoms. The first-order valence-electron chi connectivity index (χ1n) is 10.2. The Morgan fingerprint density at radius 3 is 2.04 bits per heavy atom. The van der Waals surface area contributed by atoms with Gasteiger partial charge in [0.1, 0.15) is 0 Å². The molecule has 0 radical (unpaired) electrons. The van der Waals surface area contributed by atoms with Crippen molar-refractivity contribution < 1.29 is 0 Å². The fraction of sp³-hybridized carbons (Fsp3) is 0.727. The third-order valence-corrected chi connectivity index (χ3v) is 6.19. The van der Waals surface area contributed by atoms with Gasteiger partial charge in [-0.3, -0.25) is 4.90 Å². The van der Waals surface area contributed by atoms with E-state index in [0.29, 0.717) is 5.54 Å². The maximum absolute atomic E-state index is 2.69. The van der Waals surface area contributed by atoms with E-state index < -0.39 is 0 Å². The highest BCUT2D eigenvalue weighted by Crippen LogP contribution is 2.26. The topological polar surface area (TPSA) is 9.72 Å². The van der Waals surface area contributed by atoms with Crippen molar-refractivity contribution in [1.29, 1.82) is 0 Å². The Kier molecular flexibility index (Phi) is 6.06. The van der Waals surface area contributed by atoms with Crippen LogP contribution in [-0.2, 0) is 0 Å². The predicted molar refractivity (Wildman–Crippen MR) is 108 cm³/mol. The summed E-state index contributed by atoms with van der Waals surface area (Å²) in [5, 5.41) is 0. The first kappa shape index (κ1) is 18.7. The third-order valence-electron chi connectivity index (χ3n) is 6.19. The molecule has 0 amide bonds. The van der Waals surface area contributed by atoms with Crippen LogP contribution >= 0.6 is 0 Å². The van der Waals surface area contributed by atoms with Crippen molar-refractivity contribution in [1.82, 2.24) is 9.80 Å². The quantitative estimate of drug-likeness (QED) is 0.817. The van der Waals surface area contributed by atoms with Crippen LogP contribution in [0.25, 0.3) is 0 Å². The van der Waals surface area contributed by atoms with Crippen molar-refractivity contribution in [3.05, 3.63) is 29.8 Å². The zero-order chi connectivity index (χ0) is 17.9. The van der Waals surface area contributed by atoms with E-state index in [1.165, 1.54) is 76.3 Å². The molecule has 0 unspecified atom stereocenters. The molecule has 2 aliphatic rings. The van der Waals surface area contributed by atoms with Crippen molar-refractivity contribution in [3.63, 3.8) is 0 Å². The summed E-state index contributed by atoms with van der Waals surface area (Å²) in [5.74, 6) is 0.919. The second-order valence-corrected chi connectivity index (χ2v) is 9.05. The molecule has 0 atom stereocenters. The highest BCUT2D eigenvalue weighted by Gasteiger charge is 2.26. The molecule has 0 bridgehead atoms. The third kappa shape index (κ3) is 5.21. The maximum Gasteiger partial charge on any atom is 0.0366 e. The number of hydrogen-bond acceptors (Lipinski definition) is 3. The lowest BCUT2D eigenvalue weighted by Crippen LogP contribution is -2.53. The van der Waals surface area contributed by atoms with Gasteiger partial charge in [-0.05, 0) is 71.6 Å². The van der Waals surface area contributed by atoms with Crippen LogP contribution in [0.1, 0.15) is 45.6 Å². The Morgan fingerprint density at radius 1 is 0.880 bits per heavy atom. The van der Waals surface area contributed by atoms with Gasteiger partial charge >= 0.3 is 0 Å². The van der Waals surface area contributed by atoms with E-state index in [-0.39, 0.29) is 0 Å². The molecule has 0 spiro atoms. The molecule has 3 rings (SSSR count). The molecule has 2 saturated heterocycles. The number of piperidine rings is 1. The second-order valence-electron chi connectivity index (χ2n) is 9.05. The van der Waals surface area contributed by atoms with Crippen LogP contribution in [-0.4, -0.2) is 61.2 Å². The molecular formula is C22H37N3.